The van der Waals surface area contributed by atoms with Crippen molar-refractivity contribution in [3.8, 4) is 0 Å². The van der Waals surface area contributed by atoms with Gasteiger partial charge in [0.05, 0.1) is 19.6 Å². The highest BCUT2D eigenvalue weighted by atomic mass is 16.5. The first-order valence-electron chi connectivity index (χ1n) is 6.77. The molecule has 21 heavy (non-hydrogen) atoms. The van der Waals surface area contributed by atoms with Crippen LogP contribution in [0.1, 0.15) is 30.2 Å². The van der Waals surface area contributed by atoms with Crippen molar-refractivity contribution in [3.05, 3.63) is 47.6 Å². The predicted octanol–water partition coefficient (Wildman–Crippen LogP) is 2.02. The van der Waals surface area contributed by atoms with Crippen LogP contribution in [0.2, 0.25) is 0 Å². The summed E-state index contributed by atoms with van der Waals surface area (Å²) in [5.74, 6) is 0.481. The maximum absolute atomic E-state index is 11.8. The van der Waals surface area contributed by atoms with Crippen LogP contribution < -0.4 is 5.32 Å². The summed E-state index contributed by atoms with van der Waals surface area (Å²) >= 11 is 0. The quantitative estimate of drug-likeness (QED) is 0.820. The molecule has 1 aromatic heterocycles. The fraction of sp³-hybridized carbons (Fsp3) is 0.400. The second-order valence-electron chi connectivity index (χ2n) is 4.82. The van der Waals surface area contributed by atoms with Crippen LogP contribution in [0.15, 0.2) is 34.9 Å². The molecule has 2 aromatic rings. The van der Waals surface area contributed by atoms with E-state index in [2.05, 4.69) is 15.5 Å². The molecule has 6 nitrogen and oxygen atoms in total. The number of carbonyl (C=O) groups is 1. The molecule has 1 N–H and O–H groups in total. The molecule has 0 saturated heterocycles. The number of ether oxygens (including phenoxy) is 1. The Balaban J connectivity index is 2.14. The first-order valence-corrected chi connectivity index (χ1v) is 6.77. The summed E-state index contributed by atoms with van der Waals surface area (Å²) in [5, 5.41) is 7.03. The Bertz CT molecular complexity index is 583. The zero-order valence-corrected chi connectivity index (χ0v) is 12.4. The molecule has 0 radical (unpaired) electrons. The Labute approximate surface area is 123 Å². The van der Waals surface area contributed by atoms with E-state index < -0.39 is 0 Å². The lowest BCUT2D eigenvalue weighted by molar-refractivity contribution is -0.146. The van der Waals surface area contributed by atoms with Gasteiger partial charge in [0.1, 0.15) is 0 Å². The maximum Gasteiger partial charge on any atom is 0.310 e. The second kappa shape index (κ2) is 6.99. The zero-order valence-electron chi connectivity index (χ0n) is 12.4. The van der Waals surface area contributed by atoms with Crippen LogP contribution in [0.25, 0.3) is 0 Å². The molecular weight excluding hydrogens is 270 g/mol. The number of benzene rings is 1. The van der Waals surface area contributed by atoms with Crippen molar-refractivity contribution in [2.75, 3.05) is 7.11 Å². The average Bonchev–Trinajstić information content (AvgIpc) is 2.93. The van der Waals surface area contributed by atoms with Gasteiger partial charge in [-0.25, -0.2) is 0 Å². The normalized spacial score (nSPS) is 13.7. The van der Waals surface area contributed by atoms with Crippen LogP contribution in [0, 0.1) is 12.8 Å². The fourth-order valence-corrected chi connectivity index (χ4v) is 2.17. The second-order valence-corrected chi connectivity index (χ2v) is 4.82. The van der Waals surface area contributed by atoms with Gasteiger partial charge >= 0.3 is 5.97 Å². The van der Waals surface area contributed by atoms with E-state index >= 15 is 0 Å². The first kappa shape index (κ1) is 15.2. The number of aromatic nitrogens is 2. The van der Waals surface area contributed by atoms with Crippen molar-refractivity contribution in [2.24, 2.45) is 5.92 Å². The molecule has 112 valence electrons. The number of methoxy groups -OCH3 is 1. The molecule has 0 bridgehead atoms. The Kier molecular flexibility index (Phi) is 5.05. The van der Waals surface area contributed by atoms with Gasteiger partial charge in [-0.2, -0.15) is 4.98 Å². The van der Waals surface area contributed by atoms with Crippen LogP contribution in [0.5, 0.6) is 0 Å². The summed E-state index contributed by atoms with van der Waals surface area (Å²) in [6.45, 7) is 3.98. The lowest BCUT2D eigenvalue weighted by Crippen LogP contribution is -2.31. The van der Waals surface area contributed by atoms with Gasteiger partial charge in [-0.15, -0.1) is 0 Å². The van der Waals surface area contributed by atoms with Crippen molar-refractivity contribution in [3.63, 3.8) is 0 Å². The van der Waals surface area contributed by atoms with Gasteiger partial charge in [-0.3, -0.25) is 4.79 Å². The Morgan fingerprint density at radius 2 is 2.10 bits per heavy atom. The zero-order chi connectivity index (χ0) is 15.2. The Morgan fingerprint density at radius 1 is 1.38 bits per heavy atom. The third-order valence-corrected chi connectivity index (χ3v) is 3.27. The molecule has 0 aliphatic rings. The lowest BCUT2D eigenvalue weighted by Gasteiger charge is -2.23. The highest BCUT2D eigenvalue weighted by Crippen LogP contribution is 2.23. The number of aryl methyl sites for hydroxylation is 1. The molecule has 1 heterocycles. The number of esters is 1. The molecule has 2 atom stereocenters. The van der Waals surface area contributed by atoms with E-state index in [1.54, 1.807) is 6.92 Å². The summed E-state index contributed by atoms with van der Waals surface area (Å²) in [6.07, 6.45) is 0. The molecule has 0 fully saturated rings. The highest BCUT2D eigenvalue weighted by molar-refractivity contribution is 5.73. The summed E-state index contributed by atoms with van der Waals surface area (Å²) in [6, 6.07) is 9.55. The number of carbonyl (C=O) groups excluding carboxylic acids is 1. The first-order chi connectivity index (χ1) is 10.1. The monoisotopic (exact) mass is 289 g/mol. The average molecular weight is 289 g/mol. The molecule has 0 spiro atoms. The van der Waals surface area contributed by atoms with Crippen LogP contribution in [0.3, 0.4) is 0 Å². The van der Waals surface area contributed by atoms with Gasteiger partial charge < -0.3 is 14.6 Å². The van der Waals surface area contributed by atoms with Crippen molar-refractivity contribution in [2.45, 2.75) is 26.4 Å². The van der Waals surface area contributed by atoms with Crippen molar-refractivity contribution < 1.29 is 14.1 Å². The number of hydrogen-bond acceptors (Lipinski definition) is 6. The number of nitrogens with one attached hydrogen (secondary N) is 1. The summed E-state index contributed by atoms with van der Waals surface area (Å²) in [4.78, 5) is 16.0. The minimum absolute atomic E-state index is 0.189. The number of hydrogen-bond donors (Lipinski definition) is 1. The minimum Gasteiger partial charge on any atom is -0.469 e. The summed E-state index contributed by atoms with van der Waals surface area (Å²) in [5.41, 5.74) is 1.01. The van der Waals surface area contributed by atoms with Crippen LogP contribution >= 0.6 is 0 Å². The van der Waals surface area contributed by atoms with Crippen LogP contribution in [-0.4, -0.2) is 23.2 Å². The molecule has 0 saturated carbocycles. The number of rotatable bonds is 6. The van der Waals surface area contributed by atoms with Gasteiger partial charge in [-0.1, -0.05) is 42.4 Å². The van der Waals surface area contributed by atoms with E-state index in [9.17, 15) is 4.79 Å². The topological polar surface area (TPSA) is 77.2 Å². The molecule has 2 rings (SSSR count). The summed E-state index contributed by atoms with van der Waals surface area (Å²) in [7, 11) is 1.39. The van der Waals surface area contributed by atoms with Gasteiger partial charge in [0.2, 0.25) is 5.89 Å². The summed E-state index contributed by atoms with van der Waals surface area (Å²) < 4.78 is 9.92. The molecule has 0 amide bonds. The maximum atomic E-state index is 11.8. The molecule has 1 aromatic carbocycles. The number of nitrogens with zero attached hydrogens (tertiary/aromatic N) is 2. The smallest absolute Gasteiger partial charge is 0.310 e. The van der Waals surface area contributed by atoms with E-state index in [1.807, 2.05) is 37.3 Å². The van der Waals surface area contributed by atoms with E-state index in [0.29, 0.717) is 18.3 Å². The third kappa shape index (κ3) is 3.88. The minimum atomic E-state index is -0.332. The Morgan fingerprint density at radius 3 is 2.67 bits per heavy atom. The molecule has 6 heteroatoms. The third-order valence-electron chi connectivity index (χ3n) is 3.27. The molecule has 0 aliphatic carbocycles. The Hall–Kier alpha value is -2.21. The molecule has 0 aliphatic heterocycles. The van der Waals surface area contributed by atoms with E-state index in [-0.39, 0.29) is 17.9 Å². The van der Waals surface area contributed by atoms with Gasteiger partial charge in [-0.05, 0) is 12.5 Å². The SMILES string of the molecule is COC(=O)[C@H](C)[C@H](NCc1nc(C)no1)c1ccccc1. The molecular formula is C15H19N3O3. The van der Waals surface area contributed by atoms with E-state index in [4.69, 9.17) is 9.26 Å². The van der Waals surface area contributed by atoms with E-state index in [0.717, 1.165) is 5.56 Å². The van der Waals surface area contributed by atoms with Crippen molar-refractivity contribution >= 4 is 5.97 Å². The largest absolute Gasteiger partial charge is 0.469 e. The lowest BCUT2D eigenvalue weighted by atomic mass is 9.94. The molecule has 0 unspecified atom stereocenters. The van der Waals surface area contributed by atoms with E-state index in [1.165, 1.54) is 7.11 Å². The van der Waals surface area contributed by atoms with Gasteiger partial charge in [0.15, 0.2) is 5.82 Å². The van der Waals surface area contributed by atoms with Crippen LogP contribution in [0.4, 0.5) is 0 Å². The standard InChI is InChI=1S/C15H19N3O3/c1-10(15(19)20-3)14(12-7-5-4-6-8-12)16-9-13-17-11(2)18-21-13/h4-8,10,14,16H,9H2,1-3H3/t10-,14+/m1/s1. The van der Waals surface area contributed by atoms with Crippen molar-refractivity contribution in [1.29, 1.82) is 0 Å². The van der Waals surface area contributed by atoms with Crippen LogP contribution in [-0.2, 0) is 16.1 Å². The predicted molar refractivity (Wildman–Crippen MR) is 76.2 cm³/mol. The highest BCUT2D eigenvalue weighted by Gasteiger charge is 2.26. The fourth-order valence-electron chi connectivity index (χ4n) is 2.17. The van der Waals surface area contributed by atoms with Crippen molar-refractivity contribution in [1.82, 2.24) is 15.5 Å². The van der Waals surface area contributed by atoms with Gasteiger partial charge in [0.25, 0.3) is 0 Å². The van der Waals surface area contributed by atoms with Gasteiger partial charge in [0, 0.05) is 6.04 Å².